The monoisotopic (exact) mass is 1530 g/mol. The fourth-order valence-corrected chi connectivity index (χ4v) is 40.8. The van der Waals surface area contributed by atoms with Gasteiger partial charge in [-0.1, -0.05) is 214 Å². The molecule has 6 aliphatic heterocycles. The Kier molecular flexibility index (Phi) is 29.7. The number of hydrogen-bond acceptors (Lipinski definition) is 27. The predicted octanol–water partition coefficient (Wildman–Crippen LogP) is 25.9. The quantitative estimate of drug-likeness (QED) is 0.0537. The van der Waals surface area contributed by atoms with Gasteiger partial charge in [0.1, 0.15) is 0 Å². The van der Waals surface area contributed by atoms with Crippen molar-refractivity contribution in [2.45, 2.75) is 48.9 Å². The number of benzene rings is 3. The molecule has 0 bridgehead atoms. The third kappa shape index (κ3) is 18.3. The fourth-order valence-electron chi connectivity index (χ4n) is 7.73. The van der Waals surface area contributed by atoms with E-state index in [1.165, 1.54) is 110 Å². The van der Waals surface area contributed by atoms with Crippen molar-refractivity contribution in [2.24, 2.45) is 0 Å². The van der Waals surface area contributed by atoms with Crippen LogP contribution in [0, 0.1) is 34.0 Å². The van der Waals surface area contributed by atoms with E-state index in [0.29, 0.717) is 19.3 Å². The first-order chi connectivity index (χ1) is 40.6. The van der Waals surface area contributed by atoms with Crippen molar-refractivity contribution in [3.05, 3.63) is 182 Å². The lowest BCUT2D eigenvalue weighted by molar-refractivity contribution is 0.691. The van der Waals surface area contributed by atoms with Gasteiger partial charge in [-0.2, -0.15) is 15.8 Å². The SMILES string of the molecule is CSC1=C(SC)SC(=C2SC(SCCC#N)=C(SCc3ccc(C(C)(c4ccc(CSC5=C(SCCC#N)SC(=C6SC(SC)=C(SC)S6)S5)cc4)c4ccc(CSC5=C(SCCC#N)SC(=C6SC(SC)=C(SC)S6)S5)cc4)cc3)S2)S1. The smallest absolute Gasteiger partial charge is 0.0717 e. The molecule has 3 nitrogen and oxygen atoms in total. The first kappa shape index (κ1) is 69.5. The van der Waals surface area contributed by atoms with Crippen molar-refractivity contribution in [1.29, 1.82) is 15.8 Å². The lowest BCUT2D eigenvalue weighted by Gasteiger charge is -2.32. The van der Waals surface area contributed by atoms with Crippen LogP contribution in [-0.4, -0.2) is 54.8 Å². The van der Waals surface area contributed by atoms with Crippen LogP contribution in [0.5, 0.6) is 0 Å². The molecule has 0 saturated heterocycles. The van der Waals surface area contributed by atoms with Crippen molar-refractivity contribution in [3.63, 3.8) is 0 Å². The molecule has 6 aliphatic rings. The molecule has 0 saturated carbocycles. The minimum absolute atomic E-state index is 0.435. The van der Waals surface area contributed by atoms with Crippen molar-refractivity contribution in [3.8, 4) is 18.2 Å². The van der Waals surface area contributed by atoms with Gasteiger partial charge in [-0.25, -0.2) is 0 Å². The Balaban J connectivity index is 0.949. The minimum Gasteiger partial charge on any atom is -0.198 e. The average molecular weight is 1540 g/mol. The highest BCUT2D eigenvalue weighted by Gasteiger charge is 2.35. The van der Waals surface area contributed by atoms with Gasteiger partial charge in [-0.15, -0.1) is 141 Å². The van der Waals surface area contributed by atoms with Gasteiger partial charge in [0.2, 0.25) is 0 Å². The van der Waals surface area contributed by atoms with Gasteiger partial charge in [0.15, 0.2) is 0 Å². The Bertz CT molecular complexity index is 2930. The van der Waals surface area contributed by atoms with Crippen molar-refractivity contribution in [1.82, 2.24) is 0 Å². The highest BCUT2D eigenvalue weighted by atomic mass is 32.3. The number of hydrogen-bond donors (Lipinski definition) is 0. The van der Waals surface area contributed by atoms with E-state index in [2.05, 4.69) is 135 Å². The topological polar surface area (TPSA) is 71.4 Å². The highest BCUT2D eigenvalue weighted by molar-refractivity contribution is 8.47. The van der Waals surface area contributed by atoms with E-state index in [-0.39, 0.29) is 0 Å². The maximum atomic E-state index is 9.40. The minimum atomic E-state index is -0.435. The summed E-state index contributed by atoms with van der Waals surface area (Å²) in [4.78, 5) is 0. The molecule has 6 heterocycles. The molecular formula is C56H51N3S24. The van der Waals surface area contributed by atoms with E-state index >= 15 is 0 Å². The molecule has 0 aromatic heterocycles. The number of rotatable bonds is 27. The Labute approximate surface area is 593 Å². The molecule has 0 amide bonds. The summed E-state index contributed by atoms with van der Waals surface area (Å²) < 4.78 is 24.5. The van der Waals surface area contributed by atoms with Gasteiger partial charge in [0, 0.05) is 59.2 Å². The van der Waals surface area contributed by atoms with Gasteiger partial charge in [0.05, 0.1) is 94.5 Å². The normalized spacial score (nSPS) is 17.8. The van der Waals surface area contributed by atoms with E-state index in [1.807, 2.05) is 282 Å². The van der Waals surface area contributed by atoms with Crippen LogP contribution >= 0.6 is 282 Å². The lowest BCUT2D eigenvalue weighted by Crippen LogP contribution is -2.25. The van der Waals surface area contributed by atoms with Gasteiger partial charge in [0.25, 0.3) is 0 Å². The van der Waals surface area contributed by atoms with E-state index in [9.17, 15) is 15.8 Å². The lowest BCUT2D eigenvalue weighted by atomic mass is 9.71. The van der Waals surface area contributed by atoms with Crippen molar-refractivity contribution < 1.29 is 0 Å². The molecule has 0 N–H and O–H groups in total. The van der Waals surface area contributed by atoms with E-state index < -0.39 is 5.41 Å². The van der Waals surface area contributed by atoms with E-state index in [1.54, 1.807) is 0 Å². The molecule has 0 spiro atoms. The summed E-state index contributed by atoms with van der Waals surface area (Å²) in [5, 5.41) is 28.2. The first-order valence-corrected chi connectivity index (χ1v) is 47.8. The maximum Gasteiger partial charge on any atom is 0.0717 e. The average Bonchev–Trinajstić information content (AvgIpc) is 4.40. The van der Waals surface area contributed by atoms with Crippen LogP contribution in [-0.2, 0) is 22.7 Å². The molecule has 3 aromatic rings. The summed E-state index contributed by atoms with van der Waals surface area (Å²) in [5.41, 5.74) is 7.19. The third-order valence-corrected chi connectivity index (χ3v) is 45.9. The molecule has 0 atom stereocenters. The molecule has 0 unspecified atom stereocenters. The zero-order valence-corrected chi connectivity index (χ0v) is 65.0. The fraction of sp³-hybridized carbons (Fsp3) is 0.304. The van der Waals surface area contributed by atoms with Crippen LogP contribution in [0.25, 0.3) is 0 Å². The number of nitriles is 3. The predicted molar refractivity (Wildman–Crippen MR) is 422 cm³/mol. The molecule has 83 heavy (non-hydrogen) atoms. The van der Waals surface area contributed by atoms with Gasteiger partial charge in [-0.05, 0) is 77.8 Å². The van der Waals surface area contributed by atoms with Crippen LogP contribution < -0.4 is 0 Å². The van der Waals surface area contributed by atoms with Gasteiger partial charge < -0.3 is 0 Å². The molecular weight excluding hydrogens is 1480 g/mol. The number of thioether (sulfide) groups is 24. The van der Waals surface area contributed by atoms with Gasteiger partial charge >= 0.3 is 0 Å². The highest BCUT2D eigenvalue weighted by Crippen LogP contribution is 2.69. The standard InChI is InChI=1S/C56H51N3S24/c1-56(35-17-11-32(12-18-35)29-69-47-44(66-26-8-23-57)78-53(81-47)50-72-38(60-2)39(61-3)73-50,36-19-13-33(14-20-36)30-70-48-45(67-27-9-24-58)79-54(82-48)51-74-40(62-4)41(63-5)75-51)37-21-15-34(16-22-37)31-71-49-46(68-28-10-25-59)80-55(83-49)52-76-42(64-6)43(65-7)77-52/h11-22H,8-10,26-31H2,1-7H3. The molecule has 0 radical (unpaired) electrons. The molecule has 0 aliphatic carbocycles. The molecule has 0 fully saturated rings. The van der Waals surface area contributed by atoms with Crippen LogP contribution in [0.2, 0.25) is 0 Å². The zero-order chi connectivity index (χ0) is 58.3. The second kappa shape index (κ2) is 35.5. The van der Waals surface area contributed by atoms with Crippen LogP contribution in [0.1, 0.15) is 59.6 Å². The zero-order valence-electron chi connectivity index (χ0n) is 45.4. The molecule has 434 valence electrons. The summed E-state index contributed by atoms with van der Waals surface area (Å²) in [6, 6.07) is 35.2. The summed E-state index contributed by atoms with van der Waals surface area (Å²) >= 11 is 45.1. The van der Waals surface area contributed by atoms with Crippen molar-refractivity contribution >= 4 is 282 Å². The second-order valence-electron chi connectivity index (χ2n) is 17.0. The van der Waals surface area contributed by atoms with Gasteiger partial charge in [-0.3, -0.25) is 0 Å². The van der Waals surface area contributed by atoms with Crippen molar-refractivity contribution in [2.75, 3.05) is 54.8 Å². The summed E-state index contributed by atoms with van der Waals surface area (Å²) in [6.07, 6.45) is 14.6. The largest absolute Gasteiger partial charge is 0.198 e. The Morgan fingerprint density at radius 3 is 0.687 bits per heavy atom. The van der Waals surface area contributed by atoms with E-state index in [4.69, 9.17) is 0 Å². The second-order valence-corrected chi connectivity index (χ2v) is 45.0. The molecule has 27 heteroatoms. The third-order valence-electron chi connectivity index (χ3n) is 11.9. The van der Waals surface area contributed by atoms with E-state index in [0.717, 1.165) is 34.5 Å². The summed E-state index contributed by atoms with van der Waals surface area (Å²) in [6.45, 7) is 2.39. The first-order valence-electron chi connectivity index (χ1n) is 24.8. The van der Waals surface area contributed by atoms with Crippen LogP contribution in [0.3, 0.4) is 0 Å². The Hall–Kier alpha value is 2.19. The van der Waals surface area contributed by atoms with Crippen LogP contribution in [0.15, 0.2) is 149 Å². The number of nitrogens with zero attached hydrogens (tertiary/aromatic N) is 3. The summed E-state index contributed by atoms with van der Waals surface area (Å²) in [7, 11) is 0. The van der Waals surface area contributed by atoms with Crippen LogP contribution in [0.4, 0.5) is 0 Å². The summed E-state index contributed by atoms with van der Waals surface area (Å²) in [5.74, 6) is 4.99. The molecule has 3 aromatic carbocycles. The Morgan fingerprint density at radius 2 is 0.494 bits per heavy atom. The maximum absolute atomic E-state index is 9.40. The molecule has 9 rings (SSSR count). The Morgan fingerprint density at radius 1 is 0.301 bits per heavy atom.